The zero-order valence-electron chi connectivity index (χ0n) is 13.5. The highest BCUT2D eigenvalue weighted by atomic mass is 16.4. The molecule has 118 valence electrons. The van der Waals surface area contributed by atoms with E-state index in [1.54, 1.807) is 0 Å². The molecule has 0 aromatic heterocycles. The van der Waals surface area contributed by atoms with Crippen LogP contribution in [0.4, 0.5) is 0 Å². The Balaban J connectivity index is 2.04. The summed E-state index contributed by atoms with van der Waals surface area (Å²) in [7, 11) is -1.50. The van der Waals surface area contributed by atoms with Crippen molar-refractivity contribution >= 4 is 55.7 Å². The van der Waals surface area contributed by atoms with Gasteiger partial charge in [0, 0.05) is 0 Å². The Morgan fingerprint density at radius 3 is 1.72 bits per heavy atom. The summed E-state index contributed by atoms with van der Waals surface area (Å²) in [4.78, 5) is 0. The lowest BCUT2D eigenvalue weighted by atomic mass is 9.75. The molecule has 5 aromatic carbocycles. The van der Waals surface area contributed by atoms with Crippen molar-refractivity contribution in [2.24, 2.45) is 0 Å². The summed E-state index contributed by atoms with van der Waals surface area (Å²) in [6, 6.07) is 26.7. The predicted molar refractivity (Wildman–Crippen MR) is 106 cm³/mol. The van der Waals surface area contributed by atoms with Crippen molar-refractivity contribution in [3.63, 3.8) is 0 Å². The highest BCUT2D eigenvalue weighted by Crippen LogP contribution is 2.34. The first-order chi connectivity index (χ1) is 12.2. The van der Waals surface area contributed by atoms with Gasteiger partial charge in [0.15, 0.2) is 0 Å². The molecule has 0 heterocycles. The van der Waals surface area contributed by atoms with Gasteiger partial charge < -0.3 is 10.0 Å². The molecule has 0 amide bonds. The summed E-state index contributed by atoms with van der Waals surface area (Å²) in [5.74, 6) is 0. The molecule has 0 unspecified atom stereocenters. The molecular formula is C22H15BO2. The monoisotopic (exact) mass is 322 g/mol. The molecule has 0 aliphatic heterocycles. The highest BCUT2D eigenvalue weighted by molar-refractivity contribution is 6.62. The zero-order valence-corrected chi connectivity index (χ0v) is 13.5. The van der Waals surface area contributed by atoms with Crippen LogP contribution in [0.25, 0.3) is 43.1 Å². The van der Waals surface area contributed by atoms with Gasteiger partial charge >= 0.3 is 7.12 Å². The summed E-state index contributed by atoms with van der Waals surface area (Å²) in [5.41, 5.74) is 0.545. The second-order valence-corrected chi connectivity index (χ2v) is 6.43. The van der Waals surface area contributed by atoms with Crippen molar-refractivity contribution in [2.75, 3.05) is 0 Å². The van der Waals surface area contributed by atoms with Crippen LogP contribution in [-0.2, 0) is 0 Å². The van der Waals surface area contributed by atoms with Crippen LogP contribution in [-0.4, -0.2) is 17.2 Å². The Bertz CT molecular complexity index is 1280. The van der Waals surface area contributed by atoms with Gasteiger partial charge in [0.2, 0.25) is 0 Å². The summed E-state index contributed by atoms with van der Waals surface area (Å²) < 4.78 is 0. The van der Waals surface area contributed by atoms with Crippen molar-refractivity contribution in [3.8, 4) is 0 Å². The Morgan fingerprint density at radius 2 is 1.00 bits per heavy atom. The van der Waals surface area contributed by atoms with Gasteiger partial charge in [-0.1, -0.05) is 78.9 Å². The Hall–Kier alpha value is -2.88. The lowest BCUT2D eigenvalue weighted by Gasteiger charge is -2.13. The molecule has 0 radical (unpaired) electrons. The van der Waals surface area contributed by atoms with Gasteiger partial charge in [-0.2, -0.15) is 0 Å². The second-order valence-electron chi connectivity index (χ2n) is 6.43. The fraction of sp³-hybridized carbons (Fsp3) is 0. The van der Waals surface area contributed by atoms with E-state index in [-0.39, 0.29) is 0 Å². The van der Waals surface area contributed by atoms with Crippen LogP contribution in [0.1, 0.15) is 0 Å². The molecule has 5 aromatic rings. The van der Waals surface area contributed by atoms with Gasteiger partial charge in [0.1, 0.15) is 0 Å². The van der Waals surface area contributed by atoms with Crippen LogP contribution >= 0.6 is 0 Å². The van der Waals surface area contributed by atoms with Crippen LogP contribution in [0.3, 0.4) is 0 Å². The van der Waals surface area contributed by atoms with E-state index in [0.717, 1.165) is 26.9 Å². The molecule has 0 fully saturated rings. The molecule has 0 atom stereocenters. The second kappa shape index (κ2) is 5.31. The lowest BCUT2D eigenvalue weighted by Crippen LogP contribution is -2.30. The molecule has 0 spiro atoms. The first-order valence-electron chi connectivity index (χ1n) is 8.36. The van der Waals surface area contributed by atoms with E-state index < -0.39 is 7.12 Å². The van der Waals surface area contributed by atoms with Gasteiger partial charge in [0.25, 0.3) is 0 Å². The first-order valence-corrected chi connectivity index (χ1v) is 8.36. The summed E-state index contributed by atoms with van der Waals surface area (Å²) >= 11 is 0. The van der Waals surface area contributed by atoms with E-state index in [4.69, 9.17) is 0 Å². The van der Waals surface area contributed by atoms with Crippen molar-refractivity contribution in [1.82, 2.24) is 0 Å². The van der Waals surface area contributed by atoms with Gasteiger partial charge in [0.05, 0.1) is 0 Å². The van der Waals surface area contributed by atoms with Gasteiger partial charge in [-0.05, 0) is 48.6 Å². The standard InChI is InChI=1S/C22H15BO2/c24-23(25)22-13-21-18-10-9-14-5-1-2-6-15(14)17(18)11-12-19(21)16-7-3-4-8-20(16)22/h1-13,24-25H. The van der Waals surface area contributed by atoms with Crippen molar-refractivity contribution < 1.29 is 10.0 Å². The normalized spacial score (nSPS) is 11.6. The average Bonchev–Trinajstić information content (AvgIpc) is 2.66. The number of hydrogen-bond acceptors (Lipinski definition) is 2. The largest absolute Gasteiger partial charge is 0.489 e. The van der Waals surface area contributed by atoms with E-state index in [1.807, 2.05) is 36.4 Å². The molecule has 0 bridgehead atoms. The van der Waals surface area contributed by atoms with E-state index in [1.165, 1.54) is 16.2 Å². The van der Waals surface area contributed by atoms with Crippen LogP contribution in [0.15, 0.2) is 78.9 Å². The molecule has 2 N–H and O–H groups in total. The highest BCUT2D eigenvalue weighted by Gasteiger charge is 2.17. The number of hydrogen-bond donors (Lipinski definition) is 2. The maximum Gasteiger partial charge on any atom is 0.489 e. The first kappa shape index (κ1) is 14.5. The maximum atomic E-state index is 9.88. The quantitative estimate of drug-likeness (QED) is 0.362. The number of benzene rings is 5. The third-order valence-electron chi connectivity index (χ3n) is 5.07. The molecule has 0 aliphatic carbocycles. The van der Waals surface area contributed by atoms with Crippen molar-refractivity contribution in [1.29, 1.82) is 0 Å². The summed E-state index contributed by atoms with van der Waals surface area (Å²) in [5, 5.41) is 28.6. The lowest BCUT2D eigenvalue weighted by molar-refractivity contribution is 0.426. The third-order valence-corrected chi connectivity index (χ3v) is 5.07. The molecule has 5 rings (SSSR count). The van der Waals surface area contributed by atoms with E-state index in [2.05, 4.69) is 42.5 Å². The van der Waals surface area contributed by atoms with Crippen LogP contribution < -0.4 is 5.46 Å². The fourth-order valence-electron chi connectivity index (χ4n) is 3.92. The van der Waals surface area contributed by atoms with E-state index in [0.29, 0.717) is 5.46 Å². The van der Waals surface area contributed by atoms with Crippen LogP contribution in [0.2, 0.25) is 0 Å². The molecule has 0 saturated carbocycles. The van der Waals surface area contributed by atoms with Crippen LogP contribution in [0.5, 0.6) is 0 Å². The SMILES string of the molecule is OB(O)c1cc2c(ccc3c4ccccc4ccc32)c2ccccc12. The average molecular weight is 322 g/mol. The van der Waals surface area contributed by atoms with Crippen molar-refractivity contribution in [2.45, 2.75) is 0 Å². The Labute approximate surface area is 145 Å². The molecule has 25 heavy (non-hydrogen) atoms. The van der Waals surface area contributed by atoms with E-state index >= 15 is 0 Å². The smallest absolute Gasteiger partial charge is 0.423 e. The Morgan fingerprint density at radius 1 is 0.480 bits per heavy atom. The molecule has 2 nitrogen and oxygen atoms in total. The molecule has 3 heteroatoms. The summed E-state index contributed by atoms with van der Waals surface area (Å²) in [6.07, 6.45) is 0. The van der Waals surface area contributed by atoms with E-state index in [9.17, 15) is 10.0 Å². The Kier molecular flexibility index (Phi) is 3.08. The van der Waals surface area contributed by atoms with Gasteiger partial charge in [-0.3, -0.25) is 0 Å². The topological polar surface area (TPSA) is 40.5 Å². The molecular weight excluding hydrogens is 307 g/mol. The number of fused-ring (bicyclic) bond motifs is 7. The number of rotatable bonds is 1. The third kappa shape index (κ3) is 2.07. The van der Waals surface area contributed by atoms with Crippen LogP contribution in [0, 0.1) is 0 Å². The zero-order chi connectivity index (χ0) is 17.0. The molecule has 0 aliphatic rings. The summed E-state index contributed by atoms with van der Waals surface area (Å²) in [6.45, 7) is 0. The van der Waals surface area contributed by atoms with Crippen molar-refractivity contribution in [3.05, 3.63) is 78.9 Å². The minimum Gasteiger partial charge on any atom is -0.423 e. The minimum absolute atomic E-state index is 0.545. The minimum atomic E-state index is -1.50. The predicted octanol–water partition coefficient (Wildman–Crippen LogP) is 3.98. The van der Waals surface area contributed by atoms with Gasteiger partial charge in [-0.25, -0.2) is 0 Å². The fourth-order valence-corrected chi connectivity index (χ4v) is 3.92. The molecule has 0 saturated heterocycles. The maximum absolute atomic E-state index is 9.88. The van der Waals surface area contributed by atoms with Gasteiger partial charge in [-0.15, -0.1) is 0 Å².